The van der Waals surface area contributed by atoms with Crippen molar-refractivity contribution >= 4 is 11.5 Å². The topological polar surface area (TPSA) is 37.8 Å². The van der Waals surface area contributed by atoms with Crippen LogP contribution in [0.4, 0.5) is 0 Å². The molecule has 0 amide bonds. The second-order valence-electron chi connectivity index (χ2n) is 1.99. The summed E-state index contributed by atoms with van der Waals surface area (Å²) < 4.78 is 3.76. The second kappa shape index (κ2) is 4.35. The molecule has 0 spiro atoms. The Kier molecular flexibility index (Phi) is 3.32. The van der Waals surface area contributed by atoms with Crippen LogP contribution < -0.4 is 5.32 Å². The van der Waals surface area contributed by atoms with Gasteiger partial charge in [-0.05, 0) is 24.5 Å². The first-order valence-corrected chi connectivity index (χ1v) is 4.17. The van der Waals surface area contributed by atoms with Crippen LogP contribution in [-0.4, -0.2) is 22.7 Å². The molecule has 10 heavy (non-hydrogen) atoms. The lowest BCUT2D eigenvalue weighted by Crippen LogP contribution is -2.15. The summed E-state index contributed by atoms with van der Waals surface area (Å²) in [5.41, 5.74) is 0. The first kappa shape index (κ1) is 7.63. The van der Waals surface area contributed by atoms with Gasteiger partial charge in [-0.25, -0.2) is 0 Å². The molecule has 0 radical (unpaired) electrons. The summed E-state index contributed by atoms with van der Waals surface area (Å²) in [6, 6.07) is 0. The van der Waals surface area contributed by atoms with Crippen molar-refractivity contribution in [3.05, 3.63) is 11.1 Å². The number of likely N-dealkylation sites (N-methyl/N-ethyl adjacent to an activating group) is 1. The molecular weight excluding hydrogens is 146 g/mol. The van der Waals surface area contributed by atoms with E-state index in [0.717, 1.165) is 19.5 Å². The van der Waals surface area contributed by atoms with Crippen molar-refractivity contribution < 1.29 is 0 Å². The highest BCUT2D eigenvalue weighted by Crippen LogP contribution is 2.00. The van der Waals surface area contributed by atoms with Gasteiger partial charge >= 0.3 is 0 Å². The molecule has 0 bridgehead atoms. The lowest BCUT2D eigenvalue weighted by atomic mass is 10.4. The Morgan fingerprint density at radius 2 is 2.60 bits per heavy atom. The maximum absolute atomic E-state index is 3.76. The number of hydrogen-bond acceptors (Lipinski definition) is 4. The summed E-state index contributed by atoms with van der Waals surface area (Å²) >= 11 is 1.47. The number of hydrogen-bond donors (Lipinski definition) is 1. The van der Waals surface area contributed by atoms with Gasteiger partial charge in [0.25, 0.3) is 0 Å². The Morgan fingerprint density at radius 3 is 3.20 bits per heavy atom. The quantitative estimate of drug-likeness (QED) is 0.653. The zero-order valence-electron chi connectivity index (χ0n) is 6.00. The maximum atomic E-state index is 3.76. The highest BCUT2D eigenvalue weighted by molar-refractivity contribution is 7.05. The highest BCUT2D eigenvalue weighted by Gasteiger charge is 1.92. The van der Waals surface area contributed by atoms with E-state index < -0.39 is 0 Å². The lowest BCUT2D eigenvalue weighted by molar-refractivity contribution is 0.720. The molecular formula is C6H11N3S. The van der Waals surface area contributed by atoms with Gasteiger partial charge in [-0.15, -0.1) is 5.10 Å². The van der Waals surface area contributed by atoms with Crippen molar-refractivity contribution in [2.45, 2.75) is 13.3 Å². The molecule has 0 aliphatic carbocycles. The molecule has 0 fully saturated rings. The Bertz CT molecular complexity index is 162. The van der Waals surface area contributed by atoms with Gasteiger partial charge in [-0.3, -0.25) is 0 Å². The van der Waals surface area contributed by atoms with Crippen LogP contribution in [0.1, 0.15) is 11.8 Å². The van der Waals surface area contributed by atoms with Crippen LogP contribution in [0.5, 0.6) is 0 Å². The smallest absolute Gasteiger partial charge is 0.0653 e. The molecule has 1 N–H and O–H groups in total. The molecule has 3 nitrogen and oxygen atoms in total. The summed E-state index contributed by atoms with van der Waals surface area (Å²) in [6.45, 7) is 4.16. The molecule has 1 aromatic heterocycles. The van der Waals surface area contributed by atoms with Gasteiger partial charge in [-0.1, -0.05) is 11.4 Å². The Balaban J connectivity index is 2.15. The van der Waals surface area contributed by atoms with Crippen LogP contribution in [-0.2, 0) is 6.42 Å². The summed E-state index contributed by atoms with van der Waals surface area (Å²) in [5, 5.41) is 6.98. The van der Waals surface area contributed by atoms with Crippen molar-refractivity contribution in [1.82, 2.24) is 14.9 Å². The van der Waals surface area contributed by atoms with E-state index in [-0.39, 0.29) is 0 Å². The molecule has 0 saturated carbocycles. The summed E-state index contributed by atoms with van der Waals surface area (Å²) in [4.78, 5) is 1.25. The minimum absolute atomic E-state index is 1.03. The average Bonchev–Trinajstić information content (AvgIpc) is 2.41. The molecule has 0 aliphatic rings. The number of nitrogens with zero attached hydrogens (tertiary/aromatic N) is 2. The zero-order chi connectivity index (χ0) is 7.23. The van der Waals surface area contributed by atoms with E-state index in [1.807, 2.05) is 6.20 Å². The third-order valence-electron chi connectivity index (χ3n) is 1.21. The molecule has 1 aromatic rings. The summed E-state index contributed by atoms with van der Waals surface area (Å²) in [5.74, 6) is 0. The fraction of sp³-hybridized carbons (Fsp3) is 0.667. The molecule has 0 aromatic carbocycles. The van der Waals surface area contributed by atoms with Crippen LogP contribution in [0.2, 0.25) is 0 Å². The fourth-order valence-electron chi connectivity index (χ4n) is 0.686. The predicted octanol–water partition coefficient (Wildman–Crippen LogP) is 0.690. The third-order valence-corrected chi connectivity index (χ3v) is 1.93. The van der Waals surface area contributed by atoms with Crippen molar-refractivity contribution in [2.75, 3.05) is 13.1 Å². The van der Waals surface area contributed by atoms with Crippen molar-refractivity contribution in [1.29, 1.82) is 0 Å². The Labute approximate surface area is 64.6 Å². The van der Waals surface area contributed by atoms with Gasteiger partial charge in [0.05, 0.1) is 6.20 Å². The van der Waals surface area contributed by atoms with Crippen molar-refractivity contribution in [3.8, 4) is 0 Å². The number of aromatic nitrogens is 2. The molecule has 0 saturated heterocycles. The van der Waals surface area contributed by atoms with E-state index in [4.69, 9.17) is 0 Å². The highest BCUT2D eigenvalue weighted by atomic mass is 32.1. The van der Waals surface area contributed by atoms with Gasteiger partial charge < -0.3 is 5.32 Å². The molecule has 4 heteroatoms. The molecule has 1 rings (SSSR count). The Hall–Kier alpha value is -0.480. The van der Waals surface area contributed by atoms with Crippen LogP contribution in [0.15, 0.2) is 6.20 Å². The zero-order valence-corrected chi connectivity index (χ0v) is 6.82. The molecule has 1 heterocycles. The first-order valence-electron chi connectivity index (χ1n) is 3.40. The Morgan fingerprint density at radius 1 is 1.70 bits per heavy atom. The summed E-state index contributed by atoms with van der Waals surface area (Å²) in [6.07, 6.45) is 2.87. The van der Waals surface area contributed by atoms with E-state index in [9.17, 15) is 0 Å². The molecule has 0 aliphatic heterocycles. The van der Waals surface area contributed by atoms with Crippen LogP contribution in [0.25, 0.3) is 0 Å². The monoisotopic (exact) mass is 157 g/mol. The van der Waals surface area contributed by atoms with Crippen LogP contribution >= 0.6 is 11.5 Å². The minimum Gasteiger partial charge on any atom is -0.317 e. The number of nitrogens with one attached hydrogen (secondary N) is 1. The van der Waals surface area contributed by atoms with Crippen molar-refractivity contribution in [2.24, 2.45) is 0 Å². The fourth-order valence-corrected chi connectivity index (χ4v) is 1.17. The minimum atomic E-state index is 1.03. The normalized spacial score (nSPS) is 10.1. The van der Waals surface area contributed by atoms with Crippen molar-refractivity contribution in [3.63, 3.8) is 0 Å². The van der Waals surface area contributed by atoms with Gasteiger partial charge in [0.1, 0.15) is 0 Å². The first-order chi connectivity index (χ1) is 4.93. The van der Waals surface area contributed by atoms with Gasteiger partial charge in [-0.2, -0.15) is 0 Å². The molecule has 0 unspecified atom stereocenters. The van der Waals surface area contributed by atoms with Gasteiger partial charge in [0, 0.05) is 11.4 Å². The van der Waals surface area contributed by atoms with E-state index in [0.29, 0.717) is 0 Å². The average molecular weight is 157 g/mol. The standard InChI is InChI=1S/C6H11N3S/c1-2-7-4-3-6-5-8-9-10-6/h5,7H,2-4H2,1H3. The van der Waals surface area contributed by atoms with Crippen LogP contribution in [0, 0.1) is 0 Å². The van der Waals surface area contributed by atoms with E-state index >= 15 is 0 Å². The predicted molar refractivity (Wildman–Crippen MR) is 42.2 cm³/mol. The molecule has 0 atom stereocenters. The maximum Gasteiger partial charge on any atom is 0.0653 e. The largest absolute Gasteiger partial charge is 0.317 e. The van der Waals surface area contributed by atoms with Gasteiger partial charge in [0.15, 0.2) is 0 Å². The van der Waals surface area contributed by atoms with E-state index in [1.165, 1.54) is 16.4 Å². The number of rotatable bonds is 4. The SMILES string of the molecule is CCNCCc1cnns1. The summed E-state index contributed by atoms with van der Waals surface area (Å²) in [7, 11) is 0. The second-order valence-corrected chi connectivity index (χ2v) is 2.86. The molecule has 56 valence electrons. The van der Waals surface area contributed by atoms with E-state index in [2.05, 4.69) is 21.8 Å². The lowest BCUT2D eigenvalue weighted by Gasteiger charge is -1.95. The van der Waals surface area contributed by atoms with E-state index in [1.54, 1.807) is 0 Å². The third kappa shape index (κ3) is 2.41. The van der Waals surface area contributed by atoms with Gasteiger partial charge in [0.2, 0.25) is 0 Å². The van der Waals surface area contributed by atoms with Crippen LogP contribution in [0.3, 0.4) is 0 Å².